The number of rotatable bonds is 8. The summed E-state index contributed by atoms with van der Waals surface area (Å²) in [6.07, 6.45) is 6.23. The molecule has 1 aliphatic rings. The van der Waals surface area contributed by atoms with E-state index in [9.17, 15) is 10.0 Å². The molecule has 2 atom stereocenters. The fourth-order valence-electron chi connectivity index (χ4n) is 4.70. The van der Waals surface area contributed by atoms with Crippen molar-refractivity contribution >= 4 is 16.8 Å². The molecule has 7 heteroatoms. The zero-order valence-corrected chi connectivity index (χ0v) is 18.9. The van der Waals surface area contributed by atoms with Gasteiger partial charge in [0.25, 0.3) is 0 Å². The lowest BCUT2D eigenvalue weighted by Gasteiger charge is -2.32. The van der Waals surface area contributed by atoms with Crippen LogP contribution in [-0.2, 0) is 16.3 Å². The predicted octanol–water partition coefficient (Wildman–Crippen LogP) is 5.71. The number of pyridine rings is 1. The van der Waals surface area contributed by atoms with Crippen LogP contribution in [0.5, 0.6) is 5.75 Å². The quantitative estimate of drug-likeness (QED) is 0.270. The van der Waals surface area contributed by atoms with Gasteiger partial charge in [0.2, 0.25) is 0 Å². The van der Waals surface area contributed by atoms with Gasteiger partial charge in [0, 0.05) is 22.2 Å². The summed E-state index contributed by atoms with van der Waals surface area (Å²) in [6, 6.07) is 18.6. The summed E-state index contributed by atoms with van der Waals surface area (Å²) in [5, 5.41) is 12.0. The Morgan fingerprint density at radius 3 is 2.52 bits per heavy atom. The van der Waals surface area contributed by atoms with Crippen LogP contribution in [0.3, 0.4) is 0 Å². The number of nitrogens with zero attached hydrogens (tertiary/aromatic N) is 2. The minimum atomic E-state index is -1.38. The minimum absolute atomic E-state index is 0.332. The van der Waals surface area contributed by atoms with Crippen LogP contribution in [-0.4, -0.2) is 20.9 Å². The number of hydroxylamine groups is 4. The first-order valence-corrected chi connectivity index (χ1v) is 11.5. The maximum atomic E-state index is 12.2. The van der Waals surface area contributed by atoms with E-state index in [4.69, 9.17) is 10.6 Å². The van der Waals surface area contributed by atoms with Crippen molar-refractivity contribution in [2.24, 2.45) is 5.92 Å². The second-order valence-corrected chi connectivity index (χ2v) is 8.84. The number of carbonyl (C=O) groups excluding carboxylic acids is 1. The summed E-state index contributed by atoms with van der Waals surface area (Å²) in [5.74, 6) is 7.85. The largest absolute Gasteiger partial charge is 0.487 e. The Morgan fingerprint density at radius 1 is 1.09 bits per heavy atom. The van der Waals surface area contributed by atoms with Gasteiger partial charge in [-0.05, 0) is 53.2 Å². The molecule has 173 valence electrons. The maximum absolute atomic E-state index is 12.2. The molecule has 1 radical (unpaired) electrons. The van der Waals surface area contributed by atoms with Gasteiger partial charge in [0.1, 0.15) is 12.4 Å². The Bertz CT molecular complexity index is 1080. The second kappa shape index (κ2) is 10.4. The fourth-order valence-corrected chi connectivity index (χ4v) is 4.70. The van der Waals surface area contributed by atoms with Crippen molar-refractivity contribution in [1.82, 2.24) is 10.9 Å². The highest BCUT2D eigenvalue weighted by Crippen LogP contribution is 2.38. The van der Waals surface area contributed by atoms with E-state index >= 15 is 0 Å². The smallest absolute Gasteiger partial charge is 0.378 e. The lowest BCUT2D eigenvalue weighted by Crippen LogP contribution is -2.51. The predicted molar refractivity (Wildman–Crippen MR) is 123 cm³/mol. The molecule has 2 unspecified atom stereocenters. The van der Waals surface area contributed by atoms with Crippen LogP contribution in [0.15, 0.2) is 60.7 Å². The molecule has 2 aromatic carbocycles. The van der Waals surface area contributed by atoms with Gasteiger partial charge in [0.05, 0.1) is 18.1 Å². The average Bonchev–Trinajstić information content (AvgIpc) is 2.86. The molecule has 1 fully saturated rings. The molecule has 3 aromatic rings. The van der Waals surface area contributed by atoms with E-state index in [0.29, 0.717) is 24.7 Å². The lowest BCUT2D eigenvalue weighted by atomic mass is 9.83. The molecular formula is C26H31N3O4+. The Hall–Kier alpha value is -2.84. The SMILES string of the molecule is CC(=O)[N+](O)(O[NH])C(CC1CCCCC1)c1ccc(OCc2ccc3ccccc3n2)cc1. The van der Waals surface area contributed by atoms with Gasteiger partial charge in [0.15, 0.2) is 6.04 Å². The van der Waals surface area contributed by atoms with Crippen molar-refractivity contribution in [3.63, 3.8) is 0 Å². The number of benzene rings is 2. The average molecular weight is 450 g/mol. The first-order chi connectivity index (χ1) is 16.0. The van der Waals surface area contributed by atoms with E-state index in [2.05, 4.69) is 9.92 Å². The Balaban J connectivity index is 1.49. The summed E-state index contributed by atoms with van der Waals surface area (Å²) in [6.45, 7) is 1.58. The number of quaternary nitrogens is 1. The van der Waals surface area contributed by atoms with E-state index in [0.717, 1.165) is 47.8 Å². The maximum Gasteiger partial charge on any atom is 0.378 e. The number of aromatic nitrogens is 1. The summed E-state index contributed by atoms with van der Waals surface area (Å²) >= 11 is 0. The molecule has 0 aliphatic heterocycles. The normalized spacial score (nSPS) is 17.4. The molecular weight excluding hydrogens is 418 g/mol. The third-order valence-electron chi connectivity index (χ3n) is 6.60. The van der Waals surface area contributed by atoms with E-state index < -0.39 is 16.8 Å². The summed E-state index contributed by atoms with van der Waals surface area (Å²) in [4.78, 5) is 20.1. The Morgan fingerprint density at radius 2 is 1.82 bits per heavy atom. The highest BCUT2D eigenvalue weighted by molar-refractivity contribution is 5.78. The van der Waals surface area contributed by atoms with Gasteiger partial charge in [-0.3, -0.25) is 0 Å². The van der Waals surface area contributed by atoms with Gasteiger partial charge < -0.3 is 4.74 Å². The van der Waals surface area contributed by atoms with E-state index in [-0.39, 0.29) is 0 Å². The number of ether oxygens (including phenoxy) is 1. The van der Waals surface area contributed by atoms with Gasteiger partial charge in [-0.1, -0.05) is 56.4 Å². The molecule has 1 saturated carbocycles. The molecule has 1 heterocycles. The van der Waals surface area contributed by atoms with E-state index in [1.807, 2.05) is 60.7 Å². The monoisotopic (exact) mass is 449 g/mol. The minimum Gasteiger partial charge on any atom is -0.487 e. The van der Waals surface area contributed by atoms with E-state index in [1.165, 1.54) is 13.3 Å². The van der Waals surface area contributed by atoms with Crippen molar-refractivity contribution in [1.29, 1.82) is 0 Å². The lowest BCUT2D eigenvalue weighted by molar-refractivity contribution is -1.21. The molecule has 0 saturated heterocycles. The highest BCUT2D eigenvalue weighted by atomic mass is 17.0. The topological polar surface area (TPSA) is 92.5 Å². The fraction of sp³-hybridized carbons (Fsp3) is 0.385. The molecule has 4 rings (SSSR count). The van der Waals surface area contributed by atoms with Crippen LogP contribution >= 0.6 is 0 Å². The van der Waals surface area contributed by atoms with Crippen molar-refractivity contribution in [2.45, 2.75) is 58.1 Å². The molecule has 2 N–H and O–H groups in total. The summed E-state index contributed by atoms with van der Waals surface area (Å²) in [7, 11) is 0. The number of nitrogens with one attached hydrogen (secondary N) is 1. The van der Waals surface area contributed by atoms with Crippen LogP contribution in [0.1, 0.15) is 62.7 Å². The van der Waals surface area contributed by atoms with Gasteiger partial charge in [-0.15, -0.1) is 0 Å². The Labute approximate surface area is 194 Å². The molecule has 0 bridgehead atoms. The number of carbonyl (C=O) groups is 1. The Kier molecular flexibility index (Phi) is 7.35. The van der Waals surface area contributed by atoms with Crippen LogP contribution < -0.4 is 10.6 Å². The molecule has 7 nitrogen and oxygen atoms in total. The molecule has 33 heavy (non-hydrogen) atoms. The molecule has 1 amide bonds. The third kappa shape index (κ3) is 5.39. The van der Waals surface area contributed by atoms with Crippen molar-refractivity contribution < 1.29 is 24.5 Å². The van der Waals surface area contributed by atoms with Crippen LogP contribution in [0.4, 0.5) is 0 Å². The van der Waals surface area contributed by atoms with E-state index in [1.54, 1.807) is 0 Å². The third-order valence-corrected chi connectivity index (χ3v) is 6.60. The summed E-state index contributed by atoms with van der Waals surface area (Å²) in [5.41, 5.74) is 2.50. The number of para-hydroxylation sites is 1. The van der Waals surface area contributed by atoms with Crippen molar-refractivity contribution in [3.05, 3.63) is 71.9 Å². The van der Waals surface area contributed by atoms with Gasteiger partial charge in [-0.2, -0.15) is 5.21 Å². The van der Waals surface area contributed by atoms with Crippen LogP contribution in [0, 0.1) is 5.92 Å². The van der Waals surface area contributed by atoms with Gasteiger partial charge >= 0.3 is 5.91 Å². The molecule has 1 aliphatic carbocycles. The highest BCUT2D eigenvalue weighted by Gasteiger charge is 2.46. The van der Waals surface area contributed by atoms with Crippen molar-refractivity contribution in [3.8, 4) is 5.75 Å². The number of amides is 1. The number of hydrogen-bond acceptors (Lipinski definition) is 5. The van der Waals surface area contributed by atoms with Crippen molar-refractivity contribution in [2.75, 3.05) is 0 Å². The zero-order chi connectivity index (χ0) is 23.3. The second-order valence-electron chi connectivity index (χ2n) is 8.84. The molecule has 0 spiro atoms. The van der Waals surface area contributed by atoms with Crippen LogP contribution in [0.25, 0.3) is 10.9 Å². The number of hydrogen-bond donors (Lipinski definition) is 1. The first-order valence-electron chi connectivity index (χ1n) is 11.5. The van der Waals surface area contributed by atoms with Gasteiger partial charge in [-0.25, -0.2) is 9.78 Å². The summed E-state index contributed by atoms with van der Waals surface area (Å²) < 4.78 is 5.92. The standard InChI is InChI=1S/C26H31N3O4/c1-19(30)29(31,33-27)26(17-20-7-3-2-4-8-20)22-12-15-24(16-13-22)32-18-23-14-11-21-9-5-6-10-25(21)28-23/h5-6,9-16,20,26-27,31H,2-4,7-8,17-18H2,1H3/q+1. The van der Waals surface area contributed by atoms with Crippen LogP contribution in [0.2, 0.25) is 0 Å². The molecule has 1 aromatic heterocycles. The first kappa shape index (κ1) is 23.3. The zero-order valence-electron chi connectivity index (χ0n) is 18.9. The number of fused-ring (bicyclic) bond motifs is 1.